The third-order valence-corrected chi connectivity index (χ3v) is 8.59. The van der Waals surface area contributed by atoms with Gasteiger partial charge in [-0.1, -0.05) is 24.6 Å². The molecule has 0 bridgehead atoms. The van der Waals surface area contributed by atoms with Gasteiger partial charge in [0.1, 0.15) is 36.6 Å². The fourth-order valence-corrected chi connectivity index (χ4v) is 5.54. The van der Waals surface area contributed by atoms with E-state index in [-0.39, 0.29) is 51.8 Å². The number of hydrogen-bond acceptors (Lipinski definition) is 15. The Morgan fingerprint density at radius 2 is 1.06 bits per heavy atom. The predicted octanol–water partition coefficient (Wildman–Crippen LogP) is -3.48. The van der Waals surface area contributed by atoms with E-state index in [2.05, 4.69) is 21.3 Å². The molecule has 53 heavy (non-hydrogen) atoms. The van der Waals surface area contributed by atoms with Gasteiger partial charge >= 0.3 is 0 Å². The summed E-state index contributed by atoms with van der Waals surface area (Å²) in [5.41, 5.74) is 0.718. The Balaban J connectivity index is 1.41. The molecule has 0 aromatic heterocycles. The minimum absolute atomic E-state index is 0.0369. The molecule has 4 amide bonds. The molecule has 0 unspecified atom stereocenters. The molecule has 0 radical (unpaired) electrons. The summed E-state index contributed by atoms with van der Waals surface area (Å²) in [5, 5.41) is 70.5. The SMILES string of the molecule is C[C@@H]1O[C@@H](OCCNC(=O)CN(CC(=O)NCCCCCC(=O)Nc2ccccc2)CC(=O)NCCO[C@@H]2O[C@@H](C)[C@@H](O)[C@@H](O)[C@@H]2O)[C@@H](O)[C@H](O)[C@@H]1O. The van der Waals surface area contributed by atoms with E-state index in [1.165, 1.54) is 18.7 Å². The van der Waals surface area contributed by atoms with E-state index in [9.17, 15) is 49.8 Å². The van der Waals surface area contributed by atoms with Gasteiger partial charge < -0.3 is 70.9 Å². The maximum Gasteiger partial charge on any atom is 0.234 e. The second-order valence-corrected chi connectivity index (χ2v) is 13.0. The van der Waals surface area contributed by atoms with Gasteiger partial charge in [-0.15, -0.1) is 0 Å². The van der Waals surface area contributed by atoms with Crippen molar-refractivity contribution in [3.63, 3.8) is 0 Å². The Hall–Kier alpha value is -3.34. The van der Waals surface area contributed by atoms with Gasteiger partial charge in [-0.25, -0.2) is 0 Å². The number of unbranched alkanes of at least 4 members (excludes halogenated alkanes) is 2. The van der Waals surface area contributed by atoms with Crippen LogP contribution in [-0.4, -0.2) is 173 Å². The monoisotopic (exact) mass is 757 g/mol. The van der Waals surface area contributed by atoms with Gasteiger partial charge in [-0.3, -0.25) is 24.1 Å². The average molecular weight is 758 g/mol. The molecule has 1 aromatic rings. The zero-order valence-corrected chi connectivity index (χ0v) is 30.0. The van der Waals surface area contributed by atoms with Crippen LogP contribution in [0.15, 0.2) is 30.3 Å². The van der Waals surface area contributed by atoms with Crippen molar-refractivity contribution in [1.82, 2.24) is 20.9 Å². The van der Waals surface area contributed by atoms with Crippen LogP contribution in [0, 0.1) is 0 Å². The van der Waals surface area contributed by atoms with Gasteiger partial charge in [-0.2, -0.15) is 0 Å². The van der Waals surface area contributed by atoms with E-state index in [1.807, 2.05) is 18.2 Å². The first-order valence-electron chi connectivity index (χ1n) is 17.8. The van der Waals surface area contributed by atoms with Crippen molar-refractivity contribution in [2.45, 2.75) is 101 Å². The molecule has 2 fully saturated rings. The van der Waals surface area contributed by atoms with Crippen LogP contribution in [0.25, 0.3) is 0 Å². The molecule has 0 spiro atoms. The lowest BCUT2D eigenvalue weighted by atomic mass is 10.0. The molecule has 1 aromatic carbocycles. The fraction of sp³-hybridized carbons (Fsp3) is 0.706. The number of benzene rings is 1. The van der Waals surface area contributed by atoms with Crippen LogP contribution in [0.2, 0.25) is 0 Å². The van der Waals surface area contributed by atoms with Crippen molar-refractivity contribution < 1.29 is 68.8 Å². The van der Waals surface area contributed by atoms with Crippen molar-refractivity contribution in [2.75, 3.05) is 57.8 Å². The number of carbonyl (C=O) groups excluding carboxylic acids is 4. The molecule has 2 saturated heterocycles. The van der Waals surface area contributed by atoms with Crippen molar-refractivity contribution in [1.29, 1.82) is 0 Å². The molecule has 3 rings (SSSR count). The Morgan fingerprint density at radius 3 is 1.53 bits per heavy atom. The number of carbonyl (C=O) groups is 4. The Bertz CT molecular complexity index is 1230. The summed E-state index contributed by atoms with van der Waals surface area (Å²) in [6, 6.07) is 9.11. The van der Waals surface area contributed by atoms with Crippen LogP contribution in [0.3, 0.4) is 0 Å². The predicted molar refractivity (Wildman–Crippen MR) is 186 cm³/mol. The molecular formula is C34H55N5O14. The number of aliphatic hydroxyl groups is 6. The molecule has 2 aliphatic heterocycles. The van der Waals surface area contributed by atoms with Gasteiger partial charge in [0, 0.05) is 31.7 Å². The van der Waals surface area contributed by atoms with Crippen molar-refractivity contribution in [2.24, 2.45) is 0 Å². The average Bonchev–Trinajstić information content (AvgIpc) is 3.12. The van der Waals surface area contributed by atoms with Crippen LogP contribution in [0.1, 0.15) is 39.5 Å². The summed E-state index contributed by atoms with van der Waals surface area (Å²) in [4.78, 5) is 51.8. The number of amides is 4. The molecule has 19 nitrogen and oxygen atoms in total. The maximum atomic E-state index is 12.8. The molecule has 0 saturated carbocycles. The van der Waals surface area contributed by atoms with Gasteiger partial charge in [-0.05, 0) is 38.8 Å². The largest absolute Gasteiger partial charge is 0.388 e. The lowest BCUT2D eigenvalue weighted by Gasteiger charge is -2.38. The molecule has 10 N–H and O–H groups in total. The van der Waals surface area contributed by atoms with Gasteiger partial charge in [0.15, 0.2) is 12.6 Å². The third kappa shape index (κ3) is 15.1. The molecule has 0 aliphatic carbocycles. The maximum absolute atomic E-state index is 12.8. The number of nitrogens with one attached hydrogen (secondary N) is 4. The lowest BCUT2D eigenvalue weighted by molar-refractivity contribution is -0.292. The van der Waals surface area contributed by atoms with Crippen LogP contribution in [0.5, 0.6) is 0 Å². The second-order valence-electron chi connectivity index (χ2n) is 13.0. The first-order chi connectivity index (χ1) is 25.3. The second kappa shape index (κ2) is 22.8. The normalized spacial score (nSPS) is 28.6. The van der Waals surface area contributed by atoms with Crippen molar-refractivity contribution in [3.8, 4) is 0 Å². The van der Waals surface area contributed by atoms with Crippen molar-refractivity contribution >= 4 is 29.3 Å². The third-order valence-electron chi connectivity index (χ3n) is 8.59. The number of ether oxygens (including phenoxy) is 4. The highest BCUT2D eigenvalue weighted by Gasteiger charge is 2.43. The zero-order chi connectivity index (χ0) is 38.9. The standard InChI is InChI=1S/C34H55N5O14/c1-20-27(44)29(46)31(48)33(52-20)50-15-13-36-25(42)18-39(19-26(43)37-14-16-51-34-32(49)30(47)28(45)21(2)53-34)17-24(41)35-12-8-4-7-11-23(40)38-22-9-5-3-6-10-22/h3,5-6,9-10,20-21,27-34,44-49H,4,7-8,11-19H2,1-2H3,(H,35,41)(H,36,42)(H,37,43)(H,38,40)/t20-,21-,27+,28+,29+,30+,31-,32-,33+,34+/m0/s1. The Morgan fingerprint density at radius 1 is 0.604 bits per heavy atom. The highest BCUT2D eigenvalue weighted by Crippen LogP contribution is 2.22. The first kappa shape index (κ1) is 44.1. The minimum atomic E-state index is -1.50. The molecule has 2 heterocycles. The van der Waals surface area contributed by atoms with Crippen LogP contribution in [-0.2, 0) is 38.1 Å². The lowest BCUT2D eigenvalue weighted by Crippen LogP contribution is -2.57. The quantitative estimate of drug-likeness (QED) is 0.0546. The number of anilines is 1. The Labute approximate surface area is 307 Å². The highest BCUT2D eigenvalue weighted by molar-refractivity contribution is 5.90. The summed E-state index contributed by atoms with van der Waals surface area (Å²) in [5.74, 6) is -1.63. The van der Waals surface area contributed by atoms with Crippen LogP contribution < -0.4 is 21.3 Å². The van der Waals surface area contributed by atoms with Gasteiger partial charge in [0.25, 0.3) is 0 Å². The van der Waals surface area contributed by atoms with E-state index >= 15 is 0 Å². The number of rotatable bonds is 21. The molecular weight excluding hydrogens is 702 g/mol. The molecule has 2 aliphatic rings. The van der Waals surface area contributed by atoms with E-state index in [4.69, 9.17) is 18.9 Å². The highest BCUT2D eigenvalue weighted by atomic mass is 16.7. The van der Waals surface area contributed by atoms with E-state index in [1.54, 1.807) is 12.1 Å². The summed E-state index contributed by atoms with van der Waals surface area (Å²) in [6.45, 7) is 2.03. The topological polar surface area (TPSA) is 278 Å². The van der Waals surface area contributed by atoms with E-state index in [0.717, 1.165) is 5.69 Å². The van der Waals surface area contributed by atoms with Crippen molar-refractivity contribution in [3.05, 3.63) is 30.3 Å². The molecule has 19 heteroatoms. The summed E-state index contributed by atoms with van der Waals surface area (Å²) in [7, 11) is 0. The first-order valence-corrected chi connectivity index (χ1v) is 17.8. The van der Waals surface area contributed by atoms with Gasteiger partial charge in [0.2, 0.25) is 23.6 Å². The van der Waals surface area contributed by atoms with Crippen LogP contribution >= 0.6 is 0 Å². The smallest absolute Gasteiger partial charge is 0.234 e. The summed E-state index contributed by atoms with van der Waals surface area (Å²) in [6.07, 6.45) is -10.3. The number of aliphatic hydroxyl groups excluding tert-OH is 6. The fourth-order valence-electron chi connectivity index (χ4n) is 5.54. The summed E-state index contributed by atoms with van der Waals surface area (Å²) < 4.78 is 21.6. The van der Waals surface area contributed by atoms with Gasteiger partial charge in [0.05, 0.1) is 45.1 Å². The van der Waals surface area contributed by atoms with E-state index < -0.39 is 79.1 Å². The van der Waals surface area contributed by atoms with Crippen LogP contribution in [0.4, 0.5) is 5.69 Å². The minimum Gasteiger partial charge on any atom is -0.388 e. The number of hydrogen-bond donors (Lipinski definition) is 10. The Kier molecular flexibility index (Phi) is 18.9. The number of para-hydroxylation sites is 1. The van der Waals surface area contributed by atoms with E-state index in [0.29, 0.717) is 32.2 Å². The molecule has 10 atom stereocenters. The number of nitrogens with zero attached hydrogens (tertiary/aromatic N) is 1. The summed E-state index contributed by atoms with van der Waals surface area (Å²) >= 11 is 0. The zero-order valence-electron chi connectivity index (χ0n) is 30.0. The molecule has 300 valence electrons.